The fourth-order valence-electron chi connectivity index (χ4n) is 3.66. The summed E-state index contributed by atoms with van der Waals surface area (Å²) in [5.74, 6) is -0.432. The van der Waals surface area contributed by atoms with Crippen molar-refractivity contribution in [1.82, 2.24) is 0 Å². The van der Waals surface area contributed by atoms with E-state index in [1.165, 1.54) is 44.9 Å². The van der Waals surface area contributed by atoms with E-state index >= 15 is 0 Å². The van der Waals surface area contributed by atoms with Gasteiger partial charge in [0.2, 0.25) is 0 Å². The van der Waals surface area contributed by atoms with Crippen LogP contribution in [0.1, 0.15) is 81.0 Å². The Kier molecular flexibility index (Phi) is 8.57. The molecule has 149 valence electrons. The minimum atomic E-state index is -0.432. The first-order valence-electron chi connectivity index (χ1n) is 10.7. The Hall–Kier alpha value is -2.13. The standard InChI is InChI=1S/C25H31O3/c26-25(23-19-17-22(18-20-23)21-13-9-8-10-14-21)28-27-24-15-11-6-4-2-1-3-5-7-12-16-24/h8-10,13-14,17-20H,1-7,11-12,15-16H2. The molecule has 0 atom stereocenters. The summed E-state index contributed by atoms with van der Waals surface area (Å²) in [4.78, 5) is 23.0. The summed E-state index contributed by atoms with van der Waals surface area (Å²) in [6.07, 6.45) is 14.0. The van der Waals surface area contributed by atoms with Crippen molar-refractivity contribution in [2.24, 2.45) is 0 Å². The molecule has 1 radical (unpaired) electrons. The molecule has 3 rings (SSSR count). The van der Waals surface area contributed by atoms with Gasteiger partial charge in [-0.25, -0.2) is 4.79 Å². The van der Waals surface area contributed by atoms with Crippen LogP contribution in [0.15, 0.2) is 54.6 Å². The number of carbonyl (C=O) groups is 1. The van der Waals surface area contributed by atoms with E-state index in [0.717, 1.165) is 42.9 Å². The maximum atomic E-state index is 12.4. The van der Waals surface area contributed by atoms with Crippen molar-refractivity contribution in [3.8, 4) is 11.1 Å². The van der Waals surface area contributed by atoms with Gasteiger partial charge in [0.1, 0.15) is 6.10 Å². The van der Waals surface area contributed by atoms with Crippen LogP contribution < -0.4 is 0 Å². The van der Waals surface area contributed by atoms with Crippen LogP contribution in [-0.4, -0.2) is 5.97 Å². The Labute approximate surface area is 169 Å². The van der Waals surface area contributed by atoms with Crippen LogP contribution in [0.3, 0.4) is 0 Å². The number of carbonyl (C=O) groups excluding carboxylic acids is 1. The number of hydrogen-bond donors (Lipinski definition) is 0. The van der Waals surface area contributed by atoms with Gasteiger partial charge < -0.3 is 0 Å². The lowest BCUT2D eigenvalue weighted by Crippen LogP contribution is -2.11. The van der Waals surface area contributed by atoms with E-state index in [0.29, 0.717) is 5.56 Å². The SMILES string of the molecule is O=C(OO[C]1CCCCCCCCCCC1)c1ccc(-c2ccccc2)cc1. The van der Waals surface area contributed by atoms with Crippen molar-refractivity contribution in [3.63, 3.8) is 0 Å². The molecule has 0 aliphatic heterocycles. The number of hydrogen-bond acceptors (Lipinski definition) is 3. The molecule has 1 aliphatic rings. The maximum Gasteiger partial charge on any atom is 0.373 e. The molecule has 1 fully saturated rings. The highest BCUT2D eigenvalue weighted by molar-refractivity contribution is 5.89. The molecule has 1 aliphatic carbocycles. The lowest BCUT2D eigenvalue weighted by atomic mass is 9.99. The Balaban J connectivity index is 1.50. The third-order valence-corrected chi connectivity index (χ3v) is 5.37. The van der Waals surface area contributed by atoms with E-state index in [2.05, 4.69) is 12.1 Å². The van der Waals surface area contributed by atoms with E-state index in [-0.39, 0.29) is 0 Å². The highest BCUT2D eigenvalue weighted by atomic mass is 17.2. The molecule has 0 saturated heterocycles. The van der Waals surface area contributed by atoms with Gasteiger partial charge in [-0.2, -0.15) is 4.89 Å². The first-order valence-corrected chi connectivity index (χ1v) is 10.7. The summed E-state index contributed by atoms with van der Waals surface area (Å²) in [5.41, 5.74) is 2.71. The summed E-state index contributed by atoms with van der Waals surface area (Å²) < 4.78 is 0. The molecular weight excluding hydrogens is 348 g/mol. The molecule has 3 nitrogen and oxygen atoms in total. The Bertz CT molecular complexity index is 681. The van der Waals surface area contributed by atoms with E-state index in [9.17, 15) is 4.79 Å². The Morgan fingerprint density at radius 2 is 1.11 bits per heavy atom. The summed E-state index contributed by atoms with van der Waals surface area (Å²) >= 11 is 0. The third-order valence-electron chi connectivity index (χ3n) is 5.37. The Morgan fingerprint density at radius 3 is 1.68 bits per heavy atom. The van der Waals surface area contributed by atoms with Gasteiger partial charge in [-0.3, -0.25) is 4.89 Å². The number of rotatable bonds is 4. The van der Waals surface area contributed by atoms with Crippen LogP contribution in [0.25, 0.3) is 11.1 Å². The van der Waals surface area contributed by atoms with Gasteiger partial charge in [-0.1, -0.05) is 100 Å². The molecule has 0 spiro atoms. The Morgan fingerprint density at radius 1 is 0.607 bits per heavy atom. The van der Waals surface area contributed by atoms with Gasteiger partial charge in [-0.15, -0.1) is 0 Å². The second kappa shape index (κ2) is 11.7. The average molecular weight is 380 g/mol. The first kappa shape index (κ1) is 20.6. The summed E-state index contributed by atoms with van der Waals surface area (Å²) in [6, 6.07) is 17.6. The molecule has 0 amide bonds. The highest BCUT2D eigenvalue weighted by Crippen LogP contribution is 2.25. The van der Waals surface area contributed by atoms with E-state index in [1.807, 2.05) is 30.3 Å². The van der Waals surface area contributed by atoms with Crippen molar-refractivity contribution >= 4 is 5.97 Å². The minimum Gasteiger partial charge on any atom is -0.292 e. The van der Waals surface area contributed by atoms with Crippen LogP contribution in [0.4, 0.5) is 0 Å². The zero-order valence-corrected chi connectivity index (χ0v) is 16.7. The van der Waals surface area contributed by atoms with Gasteiger partial charge >= 0.3 is 5.97 Å². The van der Waals surface area contributed by atoms with E-state index in [4.69, 9.17) is 9.78 Å². The lowest BCUT2D eigenvalue weighted by molar-refractivity contribution is -0.237. The molecular formula is C25H31O3. The molecule has 1 saturated carbocycles. The average Bonchev–Trinajstić information content (AvgIpc) is 2.74. The summed E-state index contributed by atoms with van der Waals surface area (Å²) in [5, 5.41) is 0. The third kappa shape index (κ3) is 6.79. The smallest absolute Gasteiger partial charge is 0.292 e. The molecule has 0 unspecified atom stereocenters. The van der Waals surface area contributed by atoms with Crippen LogP contribution in [-0.2, 0) is 9.78 Å². The van der Waals surface area contributed by atoms with Gasteiger partial charge in [0.05, 0.1) is 5.56 Å². The topological polar surface area (TPSA) is 35.5 Å². The van der Waals surface area contributed by atoms with Crippen molar-refractivity contribution in [2.75, 3.05) is 0 Å². The fourth-order valence-corrected chi connectivity index (χ4v) is 3.66. The second-order valence-corrected chi connectivity index (χ2v) is 7.62. The van der Waals surface area contributed by atoms with E-state index < -0.39 is 5.97 Å². The molecule has 28 heavy (non-hydrogen) atoms. The maximum absolute atomic E-state index is 12.4. The quantitative estimate of drug-likeness (QED) is 0.413. The van der Waals surface area contributed by atoms with Gasteiger partial charge in [-0.05, 0) is 36.1 Å². The fraction of sp³-hybridized carbons (Fsp3) is 0.440. The molecule has 0 aromatic heterocycles. The first-order chi connectivity index (χ1) is 13.8. The van der Waals surface area contributed by atoms with Crippen molar-refractivity contribution < 1.29 is 14.6 Å². The largest absolute Gasteiger partial charge is 0.373 e. The van der Waals surface area contributed by atoms with Crippen LogP contribution in [0.2, 0.25) is 0 Å². The second-order valence-electron chi connectivity index (χ2n) is 7.62. The number of benzene rings is 2. The monoisotopic (exact) mass is 379 g/mol. The van der Waals surface area contributed by atoms with Gasteiger partial charge in [0.25, 0.3) is 0 Å². The molecule has 3 heteroatoms. The zero-order valence-electron chi connectivity index (χ0n) is 16.7. The van der Waals surface area contributed by atoms with E-state index in [1.54, 1.807) is 12.1 Å². The van der Waals surface area contributed by atoms with Crippen molar-refractivity contribution in [3.05, 3.63) is 66.3 Å². The summed E-state index contributed by atoms with van der Waals surface area (Å²) in [7, 11) is 0. The molecule has 0 bridgehead atoms. The van der Waals surface area contributed by atoms with Crippen molar-refractivity contribution in [1.29, 1.82) is 0 Å². The van der Waals surface area contributed by atoms with Crippen molar-refractivity contribution in [2.45, 2.75) is 70.6 Å². The highest BCUT2D eigenvalue weighted by Gasteiger charge is 2.16. The molecule has 0 N–H and O–H groups in total. The van der Waals surface area contributed by atoms with Gasteiger partial charge in [0.15, 0.2) is 0 Å². The lowest BCUT2D eigenvalue weighted by Gasteiger charge is -2.16. The normalized spacial score (nSPS) is 17.3. The summed E-state index contributed by atoms with van der Waals surface area (Å²) in [6.45, 7) is 0. The minimum absolute atomic E-state index is 0.432. The van der Waals surface area contributed by atoms with Crippen LogP contribution in [0, 0.1) is 6.10 Å². The molecule has 2 aromatic rings. The van der Waals surface area contributed by atoms with Crippen LogP contribution in [0.5, 0.6) is 0 Å². The molecule has 0 heterocycles. The predicted molar refractivity (Wildman–Crippen MR) is 112 cm³/mol. The zero-order chi connectivity index (χ0) is 19.4. The van der Waals surface area contributed by atoms with Gasteiger partial charge in [0, 0.05) is 0 Å². The van der Waals surface area contributed by atoms with Crippen LogP contribution >= 0.6 is 0 Å². The predicted octanol–water partition coefficient (Wildman–Crippen LogP) is 7.28. The molecule has 2 aromatic carbocycles.